The number of halogens is 1. The van der Waals surface area contributed by atoms with E-state index in [1.54, 1.807) is 46.0 Å². The van der Waals surface area contributed by atoms with Gasteiger partial charge in [-0.2, -0.15) is 5.10 Å². The number of aromatic nitrogens is 4. The third-order valence-electron chi connectivity index (χ3n) is 7.69. The van der Waals surface area contributed by atoms with E-state index in [9.17, 15) is 19.2 Å². The van der Waals surface area contributed by atoms with Crippen LogP contribution in [0.5, 0.6) is 5.75 Å². The lowest BCUT2D eigenvalue weighted by Crippen LogP contribution is -2.49. The summed E-state index contributed by atoms with van der Waals surface area (Å²) < 4.78 is 7.59. The topological polar surface area (TPSA) is 151 Å². The Balaban J connectivity index is 1.41. The number of H-pyrrole nitrogens is 1. The molecular weight excluding hydrogens is 598 g/mol. The van der Waals surface area contributed by atoms with Crippen LogP contribution in [0.4, 0.5) is 0 Å². The summed E-state index contributed by atoms with van der Waals surface area (Å²) in [5.74, 6) is -1.31. The summed E-state index contributed by atoms with van der Waals surface area (Å²) in [5, 5.41) is 13.5. The molecule has 0 fully saturated rings. The van der Waals surface area contributed by atoms with Crippen molar-refractivity contribution in [2.24, 2.45) is 0 Å². The van der Waals surface area contributed by atoms with Gasteiger partial charge >= 0.3 is 0 Å². The number of fused-ring (bicyclic) bond motifs is 2. The third kappa shape index (κ3) is 7.01. The van der Waals surface area contributed by atoms with E-state index in [0.29, 0.717) is 41.4 Å². The average molecular weight is 634 g/mol. The van der Waals surface area contributed by atoms with E-state index in [2.05, 4.69) is 25.8 Å². The van der Waals surface area contributed by atoms with Gasteiger partial charge in [0, 0.05) is 48.5 Å². The molecule has 1 aliphatic heterocycles. The third-order valence-corrected chi connectivity index (χ3v) is 7.93. The van der Waals surface area contributed by atoms with Crippen LogP contribution in [0.15, 0.2) is 53.5 Å². The number of amides is 3. The van der Waals surface area contributed by atoms with Gasteiger partial charge in [-0.25, -0.2) is 4.98 Å². The predicted octanol–water partition coefficient (Wildman–Crippen LogP) is 3.47. The number of rotatable bonds is 12. The molecule has 5 rings (SSSR count). The molecule has 12 nitrogen and oxygen atoms in total. The number of unbranched alkanes of at least 4 members (excludes halogenated alkanes) is 1. The number of pyridine rings is 2. The van der Waals surface area contributed by atoms with Gasteiger partial charge < -0.3 is 24.8 Å². The Hall–Kier alpha value is -4.71. The number of hydrogen-bond donors (Lipinski definition) is 3. The van der Waals surface area contributed by atoms with Crippen LogP contribution in [-0.2, 0) is 24.3 Å². The molecular formula is C32H36ClN7O5. The first-order valence-electron chi connectivity index (χ1n) is 15.0. The number of carbonyl (C=O) groups is 3. The second-order valence-electron chi connectivity index (χ2n) is 11.2. The Bertz CT molecular complexity index is 1780. The second kappa shape index (κ2) is 13.9. The lowest BCUT2D eigenvalue weighted by atomic mass is 10.0. The summed E-state index contributed by atoms with van der Waals surface area (Å²) in [7, 11) is 0. The molecule has 13 heteroatoms. The number of benzene rings is 1. The van der Waals surface area contributed by atoms with Crippen LogP contribution in [0.2, 0.25) is 5.02 Å². The van der Waals surface area contributed by atoms with Gasteiger partial charge in [-0.05, 0) is 50.1 Å². The molecule has 0 saturated carbocycles. The number of carbonyl (C=O) groups excluding carboxylic acids is 3. The maximum atomic E-state index is 13.7. The minimum absolute atomic E-state index is 0.0284. The quantitative estimate of drug-likeness (QED) is 0.202. The van der Waals surface area contributed by atoms with Crippen molar-refractivity contribution >= 4 is 40.4 Å². The Morgan fingerprint density at radius 2 is 1.96 bits per heavy atom. The predicted molar refractivity (Wildman–Crippen MR) is 169 cm³/mol. The average Bonchev–Trinajstić information content (AvgIpc) is 3.45. The van der Waals surface area contributed by atoms with Crippen molar-refractivity contribution in [2.45, 2.75) is 65.2 Å². The van der Waals surface area contributed by atoms with Crippen molar-refractivity contribution in [3.05, 3.63) is 86.6 Å². The number of hydrogen-bond acceptors (Lipinski definition) is 7. The van der Waals surface area contributed by atoms with Crippen molar-refractivity contribution in [2.75, 3.05) is 13.2 Å². The zero-order chi connectivity index (χ0) is 32.1. The van der Waals surface area contributed by atoms with E-state index in [1.165, 1.54) is 6.07 Å². The van der Waals surface area contributed by atoms with Crippen molar-refractivity contribution in [3.8, 4) is 5.75 Å². The van der Waals surface area contributed by atoms with Gasteiger partial charge in [0.05, 0.1) is 18.5 Å². The van der Waals surface area contributed by atoms with E-state index in [4.69, 9.17) is 16.3 Å². The van der Waals surface area contributed by atoms with E-state index in [-0.39, 0.29) is 42.1 Å². The molecule has 0 unspecified atom stereocenters. The van der Waals surface area contributed by atoms with Crippen LogP contribution in [-0.4, -0.2) is 67.6 Å². The Morgan fingerprint density at radius 1 is 1.13 bits per heavy atom. The highest BCUT2D eigenvalue weighted by Crippen LogP contribution is 2.24. The second-order valence-corrected chi connectivity index (χ2v) is 11.6. The van der Waals surface area contributed by atoms with Gasteiger partial charge in [0.1, 0.15) is 6.04 Å². The first-order valence-corrected chi connectivity index (χ1v) is 15.4. The van der Waals surface area contributed by atoms with Crippen LogP contribution < -0.4 is 20.8 Å². The fourth-order valence-corrected chi connectivity index (χ4v) is 5.57. The zero-order valence-electron chi connectivity index (χ0n) is 25.4. The molecule has 0 aliphatic carbocycles. The van der Waals surface area contributed by atoms with Crippen LogP contribution in [0.3, 0.4) is 0 Å². The summed E-state index contributed by atoms with van der Waals surface area (Å²) in [5.41, 5.74) is 1.50. The summed E-state index contributed by atoms with van der Waals surface area (Å²) in [6, 6.07) is 10.8. The molecule has 236 valence electrons. The largest absolute Gasteiger partial charge is 0.487 e. The van der Waals surface area contributed by atoms with Crippen molar-refractivity contribution in [1.82, 2.24) is 35.3 Å². The maximum absolute atomic E-state index is 13.7. The maximum Gasteiger partial charge on any atom is 0.274 e. The normalized spacial score (nSPS) is 13.5. The molecule has 1 atom stereocenters. The number of nitrogens with zero attached hydrogens (tertiary/aromatic N) is 4. The van der Waals surface area contributed by atoms with Crippen LogP contribution in [0.25, 0.3) is 11.0 Å². The highest BCUT2D eigenvalue weighted by Gasteiger charge is 2.33. The molecule has 3 aromatic heterocycles. The van der Waals surface area contributed by atoms with Crippen LogP contribution in [0.1, 0.15) is 65.8 Å². The van der Waals surface area contributed by atoms with Crippen LogP contribution in [0, 0.1) is 0 Å². The Morgan fingerprint density at radius 3 is 2.71 bits per heavy atom. The first-order chi connectivity index (χ1) is 21.7. The lowest BCUT2D eigenvalue weighted by Gasteiger charge is -2.35. The molecule has 0 saturated heterocycles. The van der Waals surface area contributed by atoms with Gasteiger partial charge in [-0.3, -0.25) is 24.3 Å². The molecule has 0 radical (unpaired) electrons. The Kier molecular flexibility index (Phi) is 9.82. The molecule has 4 heterocycles. The molecule has 1 aliphatic rings. The number of aromatic amines is 1. The summed E-state index contributed by atoms with van der Waals surface area (Å²) in [6.07, 6.45) is 3.34. The van der Waals surface area contributed by atoms with Crippen molar-refractivity contribution in [3.63, 3.8) is 0 Å². The first kappa shape index (κ1) is 31.7. The van der Waals surface area contributed by atoms with Crippen LogP contribution >= 0.6 is 11.6 Å². The van der Waals surface area contributed by atoms with Gasteiger partial charge in [-0.1, -0.05) is 37.1 Å². The smallest absolute Gasteiger partial charge is 0.274 e. The molecule has 4 aromatic rings. The zero-order valence-corrected chi connectivity index (χ0v) is 26.2. The van der Waals surface area contributed by atoms with Gasteiger partial charge in [0.2, 0.25) is 11.3 Å². The Labute approximate surface area is 265 Å². The van der Waals surface area contributed by atoms with Crippen molar-refractivity contribution < 1.29 is 19.1 Å². The van der Waals surface area contributed by atoms with E-state index in [0.717, 1.165) is 18.4 Å². The molecule has 0 spiro atoms. The number of nitrogens with one attached hydrogen (secondary N) is 3. The van der Waals surface area contributed by atoms with Gasteiger partial charge in [0.15, 0.2) is 22.8 Å². The minimum Gasteiger partial charge on any atom is -0.487 e. The van der Waals surface area contributed by atoms with Gasteiger partial charge in [0.25, 0.3) is 11.8 Å². The minimum atomic E-state index is -1.01. The molecule has 3 amide bonds. The molecule has 0 bridgehead atoms. The lowest BCUT2D eigenvalue weighted by molar-refractivity contribution is -0.123. The fraction of sp³-hybridized carbons (Fsp3) is 0.375. The monoisotopic (exact) mass is 633 g/mol. The molecule has 3 N–H and O–H groups in total. The fourth-order valence-electron chi connectivity index (χ4n) is 5.35. The highest BCUT2D eigenvalue weighted by atomic mass is 35.5. The summed E-state index contributed by atoms with van der Waals surface area (Å²) in [6.45, 7) is 6.99. The summed E-state index contributed by atoms with van der Waals surface area (Å²) >= 11 is 6.20. The SMILES string of the molecule is CCCCOc1c2n(c(CNC(=O)[C@@H](Cc3cccc(Cl)c3)NC(=O)c3n[nH]c4ncccc34)cc1=O)CCN(C(C)C)C2=O. The molecule has 1 aromatic carbocycles. The van der Waals surface area contributed by atoms with E-state index < -0.39 is 23.3 Å². The highest BCUT2D eigenvalue weighted by molar-refractivity contribution is 6.30. The summed E-state index contributed by atoms with van der Waals surface area (Å²) in [4.78, 5) is 59.7. The van der Waals surface area contributed by atoms with E-state index in [1.807, 2.05) is 26.8 Å². The number of ether oxygens (including phenoxy) is 1. The standard InChI is InChI=1S/C32H36ClN7O5/c1-4-5-14-45-28-25(41)17-22(40-13-12-39(19(2)3)32(44)27(28)40)18-35-30(42)24(16-20-8-6-9-21(33)15-20)36-31(43)26-23-10-7-11-34-29(23)38-37-26/h6-11,15,17,19,24H,4-5,12-14,16,18H2,1-3H3,(H,35,42)(H,36,43)(H,34,37,38)/t24-/m1/s1. The van der Waals surface area contributed by atoms with Gasteiger partial charge in [-0.15, -0.1) is 0 Å². The van der Waals surface area contributed by atoms with Crippen molar-refractivity contribution in [1.29, 1.82) is 0 Å². The van der Waals surface area contributed by atoms with E-state index >= 15 is 0 Å². The molecule has 45 heavy (non-hydrogen) atoms.